The first-order valence-corrected chi connectivity index (χ1v) is 8.69. The quantitative estimate of drug-likeness (QED) is 0.690. The third-order valence-corrected chi connectivity index (χ3v) is 4.14. The monoisotopic (exact) mass is 358 g/mol. The van der Waals surface area contributed by atoms with Crippen molar-refractivity contribution >= 4 is 11.8 Å². The number of hydrazine groups is 1. The number of aromatic nitrogens is 2. The van der Waals surface area contributed by atoms with Gasteiger partial charge in [0.15, 0.2) is 0 Å². The molecule has 0 fully saturated rings. The van der Waals surface area contributed by atoms with E-state index < -0.39 is 5.91 Å². The number of aromatic hydroxyl groups is 1. The molecule has 0 bridgehead atoms. The van der Waals surface area contributed by atoms with Crippen LogP contribution < -0.4 is 10.9 Å². The van der Waals surface area contributed by atoms with Crippen LogP contribution in [-0.2, 0) is 17.8 Å². The fourth-order valence-electron chi connectivity index (χ4n) is 2.78. The molecule has 140 valence electrons. The van der Waals surface area contributed by atoms with Crippen molar-refractivity contribution < 1.29 is 14.7 Å². The third-order valence-electron chi connectivity index (χ3n) is 4.14. The van der Waals surface area contributed by atoms with E-state index in [9.17, 15) is 14.7 Å². The molecular formula is C19H26N4O3. The Balaban J connectivity index is 1.88. The molecular weight excluding hydrogens is 332 g/mol. The van der Waals surface area contributed by atoms with E-state index in [1.54, 1.807) is 12.1 Å². The predicted octanol–water partition coefficient (Wildman–Crippen LogP) is 2.26. The molecule has 1 aromatic carbocycles. The Morgan fingerprint density at radius 3 is 2.54 bits per heavy atom. The molecule has 2 aromatic rings. The van der Waals surface area contributed by atoms with Gasteiger partial charge in [-0.2, -0.15) is 5.10 Å². The summed E-state index contributed by atoms with van der Waals surface area (Å²) in [6.07, 6.45) is 0.782. The van der Waals surface area contributed by atoms with Gasteiger partial charge in [0.05, 0.1) is 11.3 Å². The summed E-state index contributed by atoms with van der Waals surface area (Å²) in [5, 5.41) is 14.2. The minimum Gasteiger partial charge on any atom is -0.507 e. The number of phenolic OH excluding ortho intramolecular Hbond substituents is 1. The lowest BCUT2D eigenvalue weighted by atomic mass is 10.1. The summed E-state index contributed by atoms with van der Waals surface area (Å²) in [6.45, 7) is 9.07. The normalized spacial score (nSPS) is 10.8. The standard InChI is InChI=1S/C19H26N4O3/c1-12(2)11-23-14(4)15(13(3)22-23)9-10-18(25)20-21-19(26)16-7-5-6-8-17(16)24/h5-8,12,24H,9-11H2,1-4H3,(H,20,25)(H,21,26). The molecule has 0 aliphatic carbocycles. The number of carbonyl (C=O) groups excluding carboxylic acids is 2. The maximum absolute atomic E-state index is 12.0. The highest BCUT2D eigenvalue weighted by Gasteiger charge is 2.15. The second-order valence-corrected chi connectivity index (χ2v) is 6.74. The van der Waals surface area contributed by atoms with E-state index in [0.29, 0.717) is 12.3 Å². The number of phenols is 1. The maximum atomic E-state index is 12.0. The van der Waals surface area contributed by atoms with Crippen LogP contribution in [0.1, 0.15) is 47.6 Å². The van der Waals surface area contributed by atoms with Crippen molar-refractivity contribution in [1.29, 1.82) is 0 Å². The van der Waals surface area contributed by atoms with Gasteiger partial charge in [0, 0.05) is 18.7 Å². The van der Waals surface area contributed by atoms with Gasteiger partial charge in [-0.25, -0.2) is 0 Å². The number of rotatable bonds is 6. The van der Waals surface area contributed by atoms with E-state index in [4.69, 9.17) is 0 Å². The van der Waals surface area contributed by atoms with Crippen molar-refractivity contribution in [2.45, 2.75) is 47.1 Å². The number of nitrogens with zero attached hydrogens (tertiary/aromatic N) is 2. The summed E-state index contributed by atoms with van der Waals surface area (Å²) in [7, 11) is 0. The van der Waals surface area contributed by atoms with Gasteiger partial charge in [-0.15, -0.1) is 0 Å². The average molecular weight is 358 g/mol. The summed E-state index contributed by atoms with van der Waals surface area (Å²) in [4.78, 5) is 24.0. The number of nitrogens with one attached hydrogen (secondary N) is 2. The third kappa shape index (κ3) is 4.84. The van der Waals surface area contributed by atoms with Crippen molar-refractivity contribution in [3.63, 3.8) is 0 Å². The molecule has 7 nitrogen and oxygen atoms in total. The molecule has 0 radical (unpaired) electrons. The minimum absolute atomic E-state index is 0.106. The van der Waals surface area contributed by atoms with E-state index in [2.05, 4.69) is 29.8 Å². The van der Waals surface area contributed by atoms with Crippen LogP contribution in [0, 0.1) is 19.8 Å². The highest BCUT2D eigenvalue weighted by Crippen LogP contribution is 2.17. The van der Waals surface area contributed by atoms with E-state index in [1.165, 1.54) is 12.1 Å². The summed E-state index contributed by atoms with van der Waals surface area (Å²) < 4.78 is 1.98. The van der Waals surface area contributed by atoms with Gasteiger partial charge >= 0.3 is 0 Å². The molecule has 0 aliphatic heterocycles. The molecule has 0 aliphatic rings. The molecule has 7 heteroatoms. The summed E-state index contributed by atoms with van der Waals surface area (Å²) in [6, 6.07) is 6.15. The van der Waals surface area contributed by atoms with Crippen LogP contribution in [0.4, 0.5) is 0 Å². The van der Waals surface area contributed by atoms with Crippen molar-refractivity contribution in [1.82, 2.24) is 20.6 Å². The topological polar surface area (TPSA) is 96.3 Å². The number of hydrogen-bond acceptors (Lipinski definition) is 4. The van der Waals surface area contributed by atoms with Gasteiger partial charge in [-0.1, -0.05) is 26.0 Å². The van der Waals surface area contributed by atoms with Crippen molar-refractivity contribution in [2.75, 3.05) is 0 Å². The highest BCUT2D eigenvalue weighted by molar-refractivity contribution is 5.97. The number of aryl methyl sites for hydroxylation is 1. The first kappa shape index (κ1) is 19.5. The predicted molar refractivity (Wildman–Crippen MR) is 98.6 cm³/mol. The molecule has 0 unspecified atom stereocenters. The summed E-state index contributed by atoms with van der Waals surface area (Å²) in [5.74, 6) is -0.505. The molecule has 0 spiro atoms. The van der Waals surface area contributed by atoms with Gasteiger partial charge < -0.3 is 5.11 Å². The largest absolute Gasteiger partial charge is 0.507 e. The molecule has 0 saturated heterocycles. The smallest absolute Gasteiger partial charge is 0.273 e. The molecule has 1 heterocycles. The zero-order valence-corrected chi connectivity index (χ0v) is 15.7. The second-order valence-electron chi connectivity index (χ2n) is 6.74. The fourth-order valence-corrected chi connectivity index (χ4v) is 2.78. The van der Waals surface area contributed by atoms with Crippen LogP contribution in [0.3, 0.4) is 0 Å². The first-order valence-electron chi connectivity index (χ1n) is 8.69. The van der Waals surface area contributed by atoms with Crippen LogP contribution in [0.15, 0.2) is 24.3 Å². The van der Waals surface area contributed by atoms with Crippen LogP contribution in [0.2, 0.25) is 0 Å². The van der Waals surface area contributed by atoms with Gasteiger partial charge in [0.2, 0.25) is 5.91 Å². The first-order chi connectivity index (χ1) is 12.3. The molecule has 0 saturated carbocycles. The van der Waals surface area contributed by atoms with Gasteiger partial charge in [0.1, 0.15) is 5.75 Å². The van der Waals surface area contributed by atoms with Gasteiger partial charge in [-0.3, -0.25) is 25.1 Å². The van der Waals surface area contributed by atoms with E-state index in [-0.39, 0.29) is 23.6 Å². The maximum Gasteiger partial charge on any atom is 0.273 e. The number of hydrogen-bond donors (Lipinski definition) is 3. The summed E-state index contributed by atoms with van der Waals surface area (Å²) >= 11 is 0. The van der Waals surface area contributed by atoms with E-state index >= 15 is 0 Å². The average Bonchev–Trinajstić information content (AvgIpc) is 2.84. The van der Waals surface area contributed by atoms with Crippen LogP contribution in [0.5, 0.6) is 5.75 Å². The number of amides is 2. The Labute approximate surface area is 153 Å². The van der Waals surface area contributed by atoms with Crippen LogP contribution in [0.25, 0.3) is 0 Å². The van der Waals surface area contributed by atoms with Crippen molar-refractivity contribution in [3.05, 3.63) is 46.8 Å². The lowest BCUT2D eigenvalue weighted by Gasteiger charge is -2.09. The Kier molecular flexibility index (Phi) is 6.38. The lowest BCUT2D eigenvalue weighted by molar-refractivity contribution is -0.121. The van der Waals surface area contributed by atoms with Gasteiger partial charge in [0.25, 0.3) is 5.91 Å². The number of benzene rings is 1. The Morgan fingerprint density at radius 1 is 1.19 bits per heavy atom. The molecule has 26 heavy (non-hydrogen) atoms. The number of para-hydroxylation sites is 1. The molecule has 2 amide bonds. The number of carbonyl (C=O) groups is 2. The zero-order chi connectivity index (χ0) is 19.3. The lowest BCUT2D eigenvalue weighted by Crippen LogP contribution is -2.41. The molecule has 2 rings (SSSR count). The second kappa shape index (κ2) is 8.51. The zero-order valence-electron chi connectivity index (χ0n) is 15.7. The Morgan fingerprint density at radius 2 is 1.88 bits per heavy atom. The van der Waals surface area contributed by atoms with E-state index in [0.717, 1.165) is 23.5 Å². The van der Waals surface area contributed by atoms with Crippen molar-refractivity contribution in [2.24, 2.45) is 5.92 Å². The minimum atomic E-state index is -0.562. The van der Waals surface area contributed by atoms with Crippen LogP contribution in [-0.4, -0.2) is 26.7 Å². The Hall–Kier alpha value is -2.83. The Bertz CT molecular complexity index is 796. The van der Waals surface area contributed by atoms with Crippen LogP contribution >= 0.6 is 0 Å². The highest BCUT2D eigenvalue weighted by atomic mass is 16.3. The van der Waals surface area contributed by atoms with Gasteiger partial charge in [-0.05, 0) is 43.9 Å². The molecule has 3 N–H and O–H groups in total. The molecule has 1 aromatic heterocycles. The van der Waals surface area contributed by atoms with E-state index in [1.807, 2.05) is 18.5 Å². The molecule has 0 atom stereocenters. The SMILES string of the molecule is Cc1nn(CC(C)C)c(C)c1CCC(=O)NNC(=O)c1ccccc1O. The fraction of sp³-hybridized carbons (Fsp3) is 0.421. The summed E-state index contributed by atoms with van der Waals surface area (Å²) in [5.41, 5.74) is 7.86. The van der Waals surface area contributed by atoms with Crippen molar-refractivity contribution in [3.8, 4) is 5.75 Å².